The molecule has 1 unspecified atom stereocenters. The third kappa shape index (κ3) is 4.60. The molecule has 27 heavy (non-hydrogen) atoms. The molecule has 0 aliphatic heterocycles. The Morgan fingerprint density at radius 2 is 2.11 bits per heavy atom. The highest BCUT2D eigenvalue weighted by Gasteiger charge is 2.19. The molecule has 0 fully saturated rings. The van der Waals surface area contributed by atoms with Gasteiger partial charge in [0.15, 0.2) is 5.82 Å². The molecule has 3 rings (SSSR count). The normalized spacial score (nSPS) is 12.9. The van der Waals surface area contributed by atoms with E-state index in [0.717, 1.165) is 22.4 Å². The Kier molecular flexibility index (Phi) is 5.98. The van der Waals surface area contributed by atoms with E-state index in [1.54, 1.807) is 6.33 Å². The van der Waals surface area contributed by atoms with Crippen LogP contribution in [0.15, 0.2) is 60.0 Å². The van der Waals surface area contributed by atoms with E-state index in [2.05, 4.69) is 51.3 Å². The summed E-state index contributed by atoms with van der Waals surface area (Å²) in [6.07, 6.45) is 9.01. The number of aromatic nitrogens is 4. The lowest BCUT2D eigenvalue weighted by Crippen LogP contribution is -2.19. The van der Waals surface area contributed by atoms with Crippen molar-refractivity contribution in [3.8, 4) is 0 Å². The van der Waals surface area contributed by atoms with Gasteiger partial charge in [-0.3, -0.25) is 0 Å². The summed E-state index contributed by atoms with van der Waals surface area (Å²) in [5, 5.41) is 7.36. The number of aryl methyl sites for hydroxylation is 1. The monoisotopic (exact) mass is 363 g/mol. The highest BCUT2D eigenvalue weighted by Crippen LogP contribution is 2.19. The summed E-state index contributed by atoms with van der Waals surface area (Å²) >= 11 is 0. The maximum atomic E-state index is 5.49. The number of hydrogen-bond donors (Lipinski definition) is 1. The van der Waals surface area contributed by atoms with Gasteiger partial charge in [-0.15, -0.1) is 0 Å². The average Bonchev–Trinajstić information content (AvgIpc) is 3.31. The molecular weight excluding hydrogens is 338 g/mol. The quantitative estimate of drug-likeness (QED) is 0.621. The van der Waals surface area contributed by atoms with Crippen molar-refractivity contribution in [3.05, 3.63) is 84.1 Å². The summed E-state index contributed by atoms with van der Waals surface area (Å²) < 4.78 is 7.41. The van der Waals surface area contributed by atoms with Crippen LogP contribution in [-0.2, 0) is 19.9 Å². The number of imidazole rings is 1. The molecule has 0 aliphatic rings. The first-order valence-electron chi connectivity index (χ1n) is 8.97. The number of nitrogens with zero attached hydrogens (tertiary/aromatic N) is 4. The fourth-order valence-corrected chi connectivity index (χ4v) is 2.98. The molecule has 0 bridgehead atoms. The maximum Gasteiger partial charge on any atom is 0.244 e. The summed E-state index contributed by atoms with van der Waals surface area (Å²) in [5.74, 6) is 1.26. The minimum Gasteiger partial charge on any atom is -0.340 e. The highest BCUT2D eigenvalue weighted by atomic mass is 16.5. The molecular formula is C21H25N5O. The largest absolute Gasteiger partial charge is 0.340 e. The number of likely N-dealkylation sites (N-methyl/N-ethyl adjacent to an activating group) is 1. The first kappa shape index (κ1) is 18.8. The van der Waals surface area contributed by atoms with Crippen LogP contribution in [-0.4, -0.2) is 26.7 Å². The van der Waals surface area contributed by atoms with E-state index in [4.69, 9.17) is 4.52 Å². The van der Waals surface area contributed by atoms with E-state index in [9.17, 15) is 0 Å². The smallest absolute Gasteiger partial charge is 0.244 e. The highest BCUT2D eigenvalue weighted by molar-refractivity contribution is 5.73. The minimum absolute atomic E-state index is 0.0617. The Balaban J connectivity index is 1.68. The predicted molar refractivity (Wildman–Crippen MR) is 106 cm³/mol. The zero-order valence-corrected chi connectivity index (χ0v) is 16.0. The van der Waals surface area contributed by atoms with Gasteiger partial charge in [-0.05, 0) is 30.7 Å². The second-order valence-corrected chi connectivity index (χ2v) is 6.45. The number of benzene rings is 1. The molecule has 0 spiro atoms. The second kappa shape index (κ2) is 8.60. The summed E-state index contributed by atoms with van der Waals surface area (Å²) in [4.78, 5) is 8.93. The van der Waals surface area contributed by atoms with Crippen molar-refractivity contribution in [2.75, 3.05) is 7.05 Å². The van der Waals surface area contributed by atoms with Gasteiger partial charge in [-0.25, -0.2) is 4.98 Å². The van der Waals surface area contributed by atoms with Gasteiger partial charge >= 0.3 is 0 Å². The van der Waals surface area contributed by atoms with Gasteiger partial charge in [0.1, 0.15) is 0 Å². The van der Waals surface area contributed by atoms with E-state index < -0.39 is 0 Å². The van der Waals surface area contributed by atoms with Crippen LogP contribution in [0.5, 0.6) is 0 Å². The van der Waals surface area contributed by atoms with Crippen molar-refractivity contribution in [2.45, 2.75) is 25.8 Å². The maximum absolute atomic E-state index is 5.49. The topological polar surface area (TPSA) is 68.8 Å². The van der Waals surface area contributed by atoms with Gasteiger partial charge in [-0.2, -0.15) is 4.98 Å². The molecule has 6 nitrogen and oxygen atoms in total. The molecule has 2 aromatic heterocycles. The van der Waals surface area contributed by atoms with Gasteiger partial charge in [-0.1, -0.05) is 48.2 Å². The molecule has 2 heterocycles. The van der Waals surface area contributed by atoms with E-state index in [1.807, 2.05) is 43.9 Å². The molecule has 0 saturated carbocycles. The van der Waals surface area contributed by atoms with Crippen LogP contribution in [0.2, 0.25) is 0 Å². The molecule has 6 heteroatoms. The zero-order chi connectivity index (χ0) is 19.2. The summed E-state index contributed by atoms with van der Waals surface area (Å²) in [7, 11) is 3.84. The first-order valence-corrected chi connectivity index (χ1v) is 8.97. The van der Waals surface area contributed by atoms with E-state index in [-0.39, 0.29) is 6.04 Å². The molecule has 1 aromatic carbocycles. The van der Waals surface area contributed by atoms with Crippen LogP contribution in [0.25, 0.3) is 5.57 Å². The molecule has 0 saturated heterocycles. The molecule has 1 atom stereocenters. The van der Waals surface area contributed by atoms with Crippen LogP contribution in [0, 0.1) is 0 Å². The van der Waals surface area contributed by atoms with Gasteiger partial charge < -0.3 is 14.4 Å². The first-order chi connectivity index (χ1) is 13.1. The van der Waals surface area contributed by atoms with Gasteiger partial charge in [0.05, 0.1) is 18.1 Å². The molecule has 3 aromatic rings. The summed E-state index contributed by atoms with van der Waals surface area (Å²) in [5.41, 5.74) is 4.39. The molecule has 0 amide bonds. The minimum atomic E-state index is -0.0617. The lowest BCUT2D eigenvalue weighted by molar-refractivity contribution is 0.333. The molecule has 0 radical (unpaired) electrons. The second-order valence-electron chi connectivity index (χ2n) is 6.45. The van der Waals surface area contributed by atoms with Gasteiger partial charge in [0.25, 0.3) is 0 Å². The van der Waals surface area contributed by atoms with Crippen LogP contribution in [0.3, 0.4) is 0 Å². The van der Waals surface area contributed by atoms with Gasteiger partial charge in [0.2, 0.25) is 5.89 Å². The van der Waals surface area contributed by atoms with Crippen molar-refractivity contribution in [1.82, 2.24) is 25.0 Å². The fraction of sp³-hybridized carbons (Fsp3) is 0.286. The lowest BCUT2D eigenvalue weighted by atomic mass is 10.0. The van der Waals surface area contributed by atoms with Crippen LogP contribution >= 0.6 is 0 Å². The van der Waals surface area contributed by atoms with Crippen molar-refractivity contribution < 1.29 is 4.52 Å². The average molecular weight is 363 g/mol. The Morgan fingerprint density at radius 3 is 2.70 bits per heavy atom. The number of nitrogens with one attached hydrogen (secondary N) is 1. The van der Waals surface area contributed by atoms with Crippen molar-refractivity contribution in [3.63, 3.8) is 0 Å². The molecule has 0 aliphatic carbocycles. The third-order valence-corrected chi connectivity index (χ3v) is 4.48. The molecule has 1 N–H and O–H groups in total. The summed E-state index contributed by atoms with van der Waals surface area (Å²) in [6, 6.07) is 8.28. The Bertz CT molecular complexity index is 920. The number of rotatable bonds is 8. The van der Waals surface area contributed by atoms with Crippen LogP contribution in [0.4, 0.5) is 0 Å². The van der Waals surface area contributed by atoms with Crippen molar-refractivity contribution in [1.29, 1.82) is 0 Å². The molecule has 140 valence electrons. The number of hydrogen-bond acceptors (Lipinski definition) is 5. The van der Waals surface area contributed by atoms with Gasteiger partial charge in [0, 0.05) is 26.1 Å². The summed E-state index contributed by atoms with van der Waals surface area (Å²) in [6.45, 7) is 5.85. The standard InChI is InChI=1S/C21H25N5O/c1-5-16(6-2)17-9-7-15(8-10-17)11-20-24-21(27-25-20)19(22-3)12-18-13-26(4)14-23-18/h5-10,13-14,19,22H,1,11-12H2,2-4H3/b16-6+. The Hall–Kier alpha value is -2.99. The van der Waals surface area contributed by atoms with E-state index in [0.29, 0.717) is 24.6 Å². The Labute approximate surface area is 159 Å². The van der Waals surface area contributed by atoms with E-state index in [1.165, 1.54) is 0 Å². The fourth-order valence-electron chi connectivity index (χ4n) is 2.98. The van der Waals surface area contributed by atoms with E-state index >= 15 is 0 Å². The lowest BCUT2D eigenvalue weighted by Gasteiger charge is -2.09. The number of allylic oxidation sites excluding steroid dienone is 3. The third-order valence-electron chi connectivity index (χ3n) is 4.48. The van der Waals surface area contributed by atoms with Crippen molar-refractivity contribution in [2.24, 2.45) is 7.05 Å². The van der Waals surface area contributed by atoms with Crippen molar-refractivity contribution >= 4 is 5.57 Å². The SMILES string of the molecule is C=C/C(=C\C)c1ccc(Cc2noc(C(Cc3cn(C)cn3)NC)n2)cc1. The predicted octanol–water partition coefficient (Wildman–Crippen LogP) is 3.49. The Morgan fingerprint density at radius 1 is 1.33 bits per heavy atom. The zero-order valence-electron chi connectivity index (χ0n) is 16.0. The van der Waals surface area contributed by atoms with Crippen LogP contribution < -0.4 is 5.32 Å². The van der Waals surface area contributed by atoms with Crippen LogP contribution in [0.1, 0.15) is 41.5 Å².